The predicted octanol–water partition coefficient (Wildman–Crippen LogP) is -1.10. The lowest BCUT2D eigenvalue weighted by Crippen LogP contribution is -2.62. The Morgan fingerprint density at radius 1 is 1.18 bits per heavy atom. The Morgan fingerprint density at radius 2 is 1.82 bits per heavy atom. The molecule has 4 atom stereocenters. The zero-order valence-electron chi connectivity index (χ0n) is 11.9. The summed E-state index contributed by atoms with van der Waals surface area (Å²) < 4.78 is 0. The van der Waals surface area contributed by atoms with E-state index in [2.05, 4.69) is 0 Å². The van der Waals surface area contributed by atoms with Crippen LogP contribution in [0.2, 0.25) is 0 Å². The van der Waals surface area contributed by atoms with Crippen LogP contribution in [0, 0.1) is 10.1 Å². The summed E-state index contributed by atoms with van der Waals surface area (Å²) in [6.07, 6.45) is -3.02. The fourth-order valence-electron chi connectivity index (χ4n) is 2.69. The summed E-state index contributed by atoms with van der Waals surface area (Å²) in [4.78, 5) is 11.8. The van der Waals surface area contributed by atoms with Gasteiger partial charge in [0.2, 0.25) is 0 Å². The molecule has 4 N–H and O–H groups in total. The Bertz CT molecular complexity index is 509. The van der Waals surface area contributed by atoms with E-state index in [0.29, 0.717) is 13.0 Å². The van der Waals surface area contributed by atoms with Crippen LogP contribution in [0.25, 0.3) is 0 Å². The molecule has 1 saturated heterocycles. The number of rotatable bonds is 5. The molecule has 1 heterocycles. The van der Waals surface area contributed by atoms with Crippen molar-refractivity contribution >= 4 is 5.69 Å². The first-order valence-corrected chi connectivity index (χ1v) is 7.06. The minimum Gasteiger partial charge on any atom is -0.395 e. The number of aliphatic hydroxyl groups excluding tert-OH is 4. The number of hydrogen-bond donors (Lipinski definition) is 4. The Kier molecular flexibility index (Phi) is 5.43. The number of piperidine rings is 1. The van der Waals surface area contributed by atoms with Gasteiger partial charge in [-0.25, -0.2) is 0 Å². The van der Waals surface area contributed by atoms with Crippen molar-refractivity contribution in [1.82, 2.24) is 4.90 Å². The molecule has 122 valence electrons. The standard InChI is InChI=1S/C14H20N2O6/c17-8-11-13(19)14(20)12(18)7-15(11)6-5-9-1-3-10(4-2-9)16(21)22/h1-4,11-14,17-20H,5-8H2/t11-,12+,13-,14-/m1/s1. The van der Waals surface area contributed by atoms with Crippen LogP contribution >= 0.6 is 0 Å². The molecule has 1 fully saturated rings. The fraction of sp³-hybridized carbons (Fsp3) is 0.571. The first-order valence-electron chi connectivity index (χ1n) is 7.06. The summed E-state index contributed by atoms with van der Waals surface area (Å²) in [6, 6.07) is 5.50. The van der Waals surface area contributed by atoms with Crippen molar-refractivity contribution in [2.45, 2.75) is 30.8 Å². The largest absolute Gasteiger partial charge is 0.395 e. The van der Waals surface area contributed by atoms with E-state index in [1.54, 1.807) is 17.0 Å². The quantitative estimate of drug-likeness (QED) is 0.401. The third-order valence-electron chi connectivity index (χ3n) is 4.05. The predicted molar refractivity (Wildman–Crippen MR) is 77.3 cm³/mol. The van der Waals surface area contributed by atoms with Crippen LogP contribution in [-0.2, 0) is 6.42 Å². The van der Waals surface area contributed by atoms with Gasteiger partial charge in [-0.15, -0.1) is 0 Å². The van der Waals surface area contributed by atoms with Gasteiger partial charge in [-0.1, -0.05) is 12.1 Å². The SMILES string of the molecule is O=[N+]([O-])c1ccc(CCN2C[C@H](O)[C@@H](O)[C@H](O)[C@H]2CO)cc1. The minimum atomic E-state index is -1.27. The summed E-state index contributed by atoms with van der Waals surface area (Å²) in [5.74, 6) is 0. The maximum Gasteiger partial charge on any atom is 0.269 e. The van der Waals surface area contributed by atoms with E-state index in [1.165, 1.54) is 12.1 Å². The number of benzene rings is 1. The highest BCUT2D eigenvalue weighted by atomic mass is 16.6. The monoisotopic (exact) mass is 312 g/mol. The lowest BCUT2D eigenvalue weighted by molar-refractivity contribution is -0.384. The number of likely N-dealkylation sites (tertiary alicyclic amines) is 1. The topological polar surface area (TPSA) is 127 Å². The van der Waals surface area contributed by atoms with Gasteiger partial charge in [0, 0.05) is 25.2 Å². The highest BCUT2D eigenvalue weighted by Crippen LogP contribution is 2.20. The molecular formula is C14H20N2O6. The molecule has 0 radical (unpaired) electrons. The van der Waals surface area contributed by atoms with Crippen molar-refractivity contribution in [3.8, 4) is 0 Å². The molecule has 8 heteroatoms. The lowest BCUT2D eigenvalue weighted by Gasteiger charge is -2.43. The zero-order chi connectivity index (χ0) is 16.3. The lowest BCUT2D eigenvalue weighted by atomic mass is 9.94. The van der Waals surface area contributed by atoms with Gasteiger partial charge in [0.25, 0.3) is 5.69 Å². The summed E-state index contributed by atoms with van der Waals surface area (Å²) in [5, 5.41) is 49.2. The zero-order valence-corrected chi connectivity index (χ0v) is 11.9. The van der Waals surface area contributed by atoms with Crippen molar-refractivity contribution in [2.24, 2.45) is 0 Å². The molecule has 0 aliphatic carbocycles. The number of hydrogen-bond acceptors (Lipinski definition) is 7. The third-order valence-corrected chi connectivity index (χ3v) is 4.05. The van der Waals surface area contributed by atoms with Crippen molar-refractivity contribution in [3.05, 3.63) is 39.9 Å². The smallest absolute Gasteiger partial charge is 0.269 e. The summed E-state index contributed by atoms with van der Waals surface area (Å²) >= 11 is 0. The Balaban J connectivity index is 1.98. The highest BCUT2D eigenvalue weighted by Gasteiger charge is 2.40. The summed E-state index contributed by atoms with van der Waals surface area (Å²) in [5.41, 5.74) is 0.890. The second kappa shape index (κ2) is 7.12. The molecule has 1 aliphatic rings. The van der Waals surface area contributed by atoms with E-state index >= 15 is 0 Å². The number of β-amino-alcohol motifs (C(OH)–C–C–N with tert-alkyl or cyclic N) is 1. The summed E-state index contributed by atoms with van der Waals surface area (Å²) in [7, 11) is 0. The van der Waals surface area contributed by atoms with Crippen LogP contribution in [0.1, 0.15) is 5.56 Å². The van der Waals surface area contributed by atoms with Gasteiger partial charge in [0.15, 0.2) is 0 Å². The number of aliphatic hydroxyl groups is 4. The average molecular weight is 312 g/mol. The van der Waals surface area contributed by atoms with Gasteiger partial charge < -0.3 is 20.4 Å². The van der Waals surface area contributed by atoms with Crippen LogP contribution in [0.4, 0.5) is 5.69 Å². The molecular weight excluding hydrogens is 292 g/mol. The van der Waals surface area contributed by atoms with Crippen molar-refractivity contribution in [1.29, 1.82) is 0 Å². The molecule has 0 saturated carbocycles. The molecule has 22 heavy (non-hydrogen) atoms. The average Bonchev–Trinajstić information content (AvgIpc) is 2.51. The van der Waals surface area contributed by atoms with Crippen LogP contribution in [0.5, 0.6) is 0 Å². The van der Waals surface area contributed by atoms with Crippen molar-refractivity contribution < 1.29 is 25.3 Å². The fourth-order valence-corrected chi connectivity index (χ4v) is 2.69. The molecule has 0 unspecified atom stereocenters. The Hall–Kier alpha value is -1.58. The Labute approximate surface area is 127 Å². The first-order chi connectivity index (χ1) is 10.4. The number of nitro groups is 1. The molecule has 1 aromatic rings. The molecule has 2 rings (SSSR count). The van der Waals surface area contributed by atoms with Gasteiger partial charge in [0.05, 0.1) is 23.7 Å². The van der Waals surface area contributed by atoms with Gasteiger partial charge in [-0.05, 0) is 12.0 Å². The van der Waals surface area contributed by atoms with Crippen LogP contribution in [0.15, 0.2) is 24.3 Å². The Morgan fingerprint density at radius 3 is 2.36 bits per heavy atom. The second-order valence-electron chi connectivity index (χ2n) is 5.47. The van der Waals surface area contributed by atoms with Crippen LogP contribution < -0.4 is 0 Å². The van der Waals surface area contributed by atoms with Gasteiger partial charge >= 0.3 is 0 Å². The van der Waals surface area contributed by atoms with E-state index in [1.807, 2.05) is 0 Å². The van der Waals surface area contributed by atoms with E-state index in [4.69, 9.17) is 0 Å². The second-order valence-corrected chi connectivity index (χ2v) is 5.47. The maximum atomic E-state index is 10.6. The number of nitrogens with zero attached hydrogens (tertiary/aromatic N) is 2. The molecule has 0 amide bonds. The van der Waals surface area contributed by atoms with Gasteiger partial charge in [0.1, 0.15) is 12.2 Å². The van der Waals surface area contributed by atoms with Crippen LogP contribution in [0.3, 0.4) is 0 Å². The van der Waals surface area contributed by atoms with E-state index in [-0.39, 0.29) is 18.8 Å². The van der Waals surface area contributed by atoms with Crippen molar-refractivity contribution in [2.75, 3.05) is 19.7 Å². The molecule has 0 bridgehead atoms. The maximum absolute atomic E-state index is 10.6. The first kappa shape index (κ1) is 16.8. The van der Waals surface area contributed by atoms with E-state index < -0.39 is 29.3 Å². The molecule has 0 spiro atoms. The normalized spacial score (nSPS) is 29.5. The van der Waals surface area contributed by atoms with Crippen LogP contribution in [-0.4, -0.2) is 74.3 Å². The minimum absolute atomic E-state index is 0.0175. The van der Waals surface area contributed by atoms with Crippen molar-refractivity contribution in [3.63, 3.8) is 0 Å². The van der Waals surface area contributed by atoms with Gasteiger partial charge in [-0.3, -0.25) is 15.0 Å². The van der Waals surface area contributed by atoms with E-state index in [0.717, 1.165) is 5.56 Å². The van der Waals surface area contributed by atoms with E-state index in [9.17, 15) is 30.5 Å². The highest BCUT2D eigenvalue weighted by molar-refractivity contribution is 5.32. The number of nitro benzene ring substituents is 1. The van der Waals surface area contributed by atoms with Gasteiger partial charge in [-0.2, -0.15) is 0 Å². The molecule has 8 nitrogen and oxygen atoms in total. The third kappa shape index (κ3) is 3.60. The molecule has 1 aliphatic heterocycles. The number of non-ortho nitro benzene ring substituents is 1. The summed E-state index contributed by atoms with van der Waals surface area (Å²) in [6.45, 7) is 0.269. The molecule has 0 aromatic heterocycles. The molecule has 1 aromatic carbocycles.